The molecule has 1 aliphatic rings. The third-order valence-corrected chi connectivity index (χ3v) is 3.62. The van der Waals surface area contributed by atoms with Gasteiger partial charge >= 0.3 is 0 Å². The Morgan fingerprint density at radius 2 is 1.94 bits per heavy atom. The molecule has 3 nitrogen and oxygen atoms in total. The normalized spacial score (nSPS) is 12.8. The summed E-state index contributed by atoms with van der Waals surface area (Å²) in [5, 5.41) is 1.06. The number of benzene rings is 1. The third kappa shape index (κ3) is 0.991. The van der Waals surface area contributed by atoms with Crippen LogP contribution in [-0.2, 0) is 7.05 Å². The van der Waals surface area contributed by atoms with E-state index in [0.29, 0.717) is 5.56 Å². The molecule has 0 N–H and O–H groups in total. The summed E-state index contributed by atoms with van der Waals surface area (Å²) in [7, 11) is 1.97. The lowest BCUT2D eigenvalue weighted by atomic mass is 9.87. The highest BCUT2D eigenvalue weighted by atomic mass is 16.1. The summed E-state index contributed by atoms with van der Waals surface area (Å²) in [4.78, 5) is 16.5. The zero-order valence-corrected chi connectivity index (χ0v) is 9.84. The smallest absolute Gasteiger partial charge is 0.197 e. The van der Waals surface area contributed by atoms with Crippen LogP contribution in [0, 0.1) is 0 Å². The number of aryl methyl sites for hydroxylation is 1. The van der Waals surface area contributed by atoms with Gasteiger partial charge in [0.15, 0.2) is 5.78 Å². The van der Waals surface area contributed by atoms with E-state index in [0.717, 1.165) is 27.6 Å². The number of fused-ring (bicyclic) bond motifs is 2. The second kappa shape index (κ2) is 3.07. The van der Waals surface area contributed by atoms with Gasteiger partial charge in [-0.2, -0.15) is 0 Å². The predicted octanol–water partition coefficient (Wildman–Crippen LogP) is 2.78. The number of rotatable bonds is 0. The van der Waals surface area contributed by atoms with E-state index >= 15 is 0 Å². The Labute approximate surface area is 104 Å². The Morgan fingerprint density at radius 3 is 2.83 bits per heavy atom. The fourth-order valence-electron chi connectivity index (χ4n) is 2.80. The van der Waals surface area contributed by atoms with Crippen molar-refractivity contribution in [2.45, 2.75) is 0 Å². The predicted molar refractivity (Wildman–Crippen MR) is 69.6 cm³/mol. The standard InChI is InChI=1S/C15H10N2O/c1-17-8-12-14-10(3-2-4-13(14)17)9-5-6-16-7-11(9)15(12)18/h2-8H,1H3. The Hall–Kier alpha value is -2.42. The lowest BCUT2D eigenvalue weighted by Gasteiger charge is -2.15. The van der Waals surface area contributed by atoms with Crippen LogP contribution in [0.4, 0.5) is 0 Å². The fraction of sp³-hybridized carbons (Fsp3) is 0.0667. The molecule has 0 saturated heterocycles. The number of ketones is 1. The molecule has 0 amide bonds. The van der Waals surface area contributed by atoms with E-state index < -0.39 is 0 Å². The maximum atomic E-state index is 12.5. The van der Waals surface area contributed by atoms with Crippen LogP contribution in [0.2, 0.25) is 0 Å². The van der Waals surface area contributed by atoms with E-state index in [-0.39, 0.29) is 5.78 Å². The van der Waals surface area contributed by atoms with Gasteiger partial charge in [-0.1, -0.05) is 12.1 Å². The summed E-state index contributed by atoms with van der Waals surface area (Å²) in [5.74, 6) is 0.0717. The van der Waals surface area contributed by atoms with Crippen molar-refractivity contribution in [1.82, 2.24) is 9.55 Å². The maximum absolute atomic E-state index is 12.5. The number of hydrogen-bond acceptors (Lipinski definition) is 2. The van der Waals surface area contributed by atoms with E-state index in [1.165, 1.54) is 0 Å². The third-order valence-electron chi connectivity index (χ3n) is 3.62. The Bertz CT molecular complexity index is 814. The molecule has 3 aromatic rings. The van der Waals surface area contributed by atoms with Gasteiger partial charge in [0.25, 0.3) is 0 Å². The van der Waals surface area contributed by atoms with E-state index in [1.807, 2.05) is 36.0 Å². The monoisotopic (exact) mass is 234 g/mol. The molecular formula is C15H10N2O. The van der Waals surface area contributed by atoms with Crippen molar-refractivity contribution in [3.05, 3.63) is 54.0 Å². The minimum atomic E-state index is 0.0717. The van der Waals surface area contributed by atoms with Gasteiger partial charge < -0.3 is 4.57 Å². The first-order valence-corrected chi connectivity index (χ1v) is 5.84. The van der Waals surface area contributed by atoms with Crippen molar-refractivity contribution in [3.8, 4) is 11.1 Å². The summed E-state index contributed by atoms with van der Waals surface area (Å²) in [6, 6.07) is 8.05. The molecule has 0 unspecified atom stereocenters. The second-order valence-corrected chi connectivity index (χ2v) is 4.60. The van der Waals surface area contributed by atoms with Gasteiger partial charge in [-0.05, 0) is 23.3 Å². The molecule has 18 heavy (non-hydrogen) atoms. The van der Waals surface area contributed by atoms with Gasteiger partial charge in [-0.25, -0.2) is 0 Å². The van der Waals surface area contributed by atoms with Crippen molar-refractivity contribution in [2.24, 2.45) is 7.05 Å². The van der Waals surface area contributed by atoms with Gasteiger partial charge in [0.2, 0.25) is 0 Å². The highest BCUT2D eigenvalue weighted by molar-refractivity contribution is 6.25. The number of carbonyl (C=O) groups is 1. The summed E-state index contributed by atoms with van der Waals surface area (Å²) < 4.78 is 2.01. The number of nitrogens with zero attached hydrogens (tertiary/aromatic N) is 2. The molecule has 3 heteroatoms. The lowest BCUT2D eigenvalue weighted by molar-refractivity contribution is 0.103. The fourth-order valence-corrected chi connectivity index (χ4v) is 2.80. The molecule has 0 saturated carbocycles. The average molecular weight is 234 g/mol. The number of pyridine rings is 1. The van der Waals surface area contributed by atoms with Gasteiger partial charge in [0, 0.05) is 47.7 Å². The zero-order chi connectivity index (χ0) is 12.3. The quantitative estimate of drug-likeness (QED) is 0.469. The number of aromatic nitrogens is 2. The first-order valence-electron chi connectivity index (χ1n) is 5.84. The molecule has 4 rings (SSSR count). The highest BCUT2D eigenvalue weighted by Crippen LogP contribution is 2.39. The second-order valence-electron chi connectivity index (χ2n) is 4.60. The van der Waals surface area contributed by atoms with Crippen LogP contribution in [0.15, 0.2) is 42.9 Å². The van der Waals surface area contributed by atoms with E-state index in [4.69, 9.17) is 0 Å². The van der Waals surface area contributed by atoms with Gasteiger partial charge in [0.1, 0.15) is 0 Å². The number of hydrogen-bond donors (Lipinski definition) is 0. The van der Waals surface area contributed by atoms with Crippen molar-refractivity contribution in [3.63, 3.8) is 0 Å². The summed E-state index contributed by atoms with van der Waals surface area (Å²) in [6.45, 7) is 0. The van der Waals surface area contributed by atoms with Crippen LogP contribution >= 0.6 is 0 Å². The summed E-state index contributed by atoms with van der Waals surface area (Å²) in [5.41, 5.74) is 4.69. The highest BCUT2D eigenvalue weighted by Gasteiger charge is 2.26. The molecule has 2 heterocycles. The first-order chi connectivity index (χ1) is 8.77. The molecule has 0 spiro atoms. The van der Waals surface area contributed by atoms with E-state index in [2.05, 4.69) is 11.1 Å². The van der Waals surface area contributed by atoms with Gasteiger partial charge in [-0.3, -0.25) is 9.78 Å². The zero-order valence-electron chi connectivity index (χ0n) is 9.84. The van der Waals surface area contributed by atoms with E-state index in [9.17, 15) is 4.79 Å². The molecule has 0 atom stereocenters. The Balaban J connectivity index is 2.28. The molecular weight excluding hydrogens is 224 g/mol. The van der Waals surface area contributed by atoms with Crippen molar-refractivity contribution < 1.29 is 4.79 Å². The number of carbonyl (C=O) groups excluding carboxylic acids is 1. The maximum Gasteiger partial charge on any atom is 0.197 e. The lowest BCUT2D eigenvalue weighted by Crippen LogP contribution is -2.08. The molecule has 0 radical (unpaired) electrons. The van der Waals surface area contributed by atoms with E-state index in [1.54, 1.807) is 12.4 Å². The van der Waals surface area contributed by atoms with Crippen LogP contribution in [-0.4, -0.2) is 15.3 Å². The minimum absolute atomic E-state index is 0.0717. The van der Waals surface area contributed by atoms with Crippen molar-refractivity contribution in [2.75, 3.05) is 0 Å². The first kappa shape index (κ1) is 9.59. The van der Waals surface area contributed by atoms with Crippen LogP contribution < -0.4 is 0 Å². The van der Waals surface area contributed by atoms with Crippen LogP contribution in [0.25, 0.3) is 22.0 Å². The molecule has 0 bridgehead atoms. The molecule has 2 aromatic heterocycles. The van der Waals surface area contributed by atoms with Crippen LogP contribution in [0.1, 0.15) is 15.9 Å². The molecule has 86 valence electrons. The van der Waals surface area contributed by atoms with Crippen LogP contribution in [0.3, 0.4) is 0 Å². The summed E-state index contributed by atoms with van der Waals surface area (Å²) in [6.07, 6.45) is 5.30. The molecule has 0 aliphatic heterocycles. The van der Waals surface area contributed by atoms with Crippen LogP contribution in [0.5, 0.6) is 0 Å². The van der Waals surface area contributed by atoms with Crippen molar-refractivity contribution in [1.29, 1.82) is 0 Å². The largest absolute Gasteiger partial charge is 0.350 e. The Kier molecular flexibility index (Phi) is 1.64. The molecule has 1 aliphatic carbocycles. The van der Waals surface area contributed by atoms with Gasteiger partial charge in [-0.15, -0.1) is 0 Å². The average Bonchev–Trinajstić information content (AvgIpc) is 2.75. The van der Waals surface area contributed by atoms with Gasteiger partial charge in [0.05, 0.1) is 0 Å². The SMILES string of the molecule is Cn1cc2c3c(cccc31)-c1ccncc1C2=O. The molecule has 0 fully saturated rings. The Morgan fingerprint density at radius 1 is 1.06 bits per heavy atom. The minimum Gasteiger partial charge on any atom is -0.350 e. The summed E-state index contributed by atoms with van der Waals surface area (Å²) >= 11 is 0. The molecule has 1 aromatic carbocycles. The van der Waals surface area contributed by atoms with Crippen molar-refractivity contribution >= 4 is 16.7 Å². The topological polar surface area (TPSA) is 34.9 Å².